The summed E-state index contributed by atoms with van der Waals surface area (Å²) in [5.41, 5.74) is -0.386. The molecule has 0 saturated carbocycles. The molecule has 0 aromatic heterocycles. The quantitative estimate of drug-likeness (QED) is 0.708. The second-order valence-electron chi connectivity index (χ2n) is 4.35. The Balaban J connectivity index is 4.64. The van der Waals surface area contributed by atoms with Crippen LogP contribution in [0.4, 0.5) is 0 Å². The van der Waals surface area contributed by atoms with Gasteiger partial charge in [0.25, 0.3) is 0 Å². The van der Waals surface area contributed by atoms with Crippen molar-refractivity contribution in [3.8, 4) is 0 Å². The molecule has 0 fully saturated rings. The van der Waals surface area contributed by atoms with Crippen molar-refractivity contribution in [2.75, 3.05) is 6.26 Å². The van der Waals surface area contributed by atoms with Gasteiger partial charge in [0.2, 0.25) is 0 Å². The van der Waals surface area contributed by atoms with E-state index in [-0.39, 0.29) is 5.41 Å². The van der Waals surface area contributed by atoms with Crippen LogP contribution in [0.2, 0.25) is 0 Å². The number of sulfone groups is 1. The second kappa shape index (κ2) is 3.34. The van der Waals surface area contributed by atoms with Gasteiger partial charge >= 0.3 is 0 Å². The largest absolute Gasteiger partial charge is 0.391 e. The van der Waals surface area contributed by atoms with Gasteiger partial charge < -0.3 is 5.11 Å². The zero-order valence-corrected chi connectivity index (χ0v) is 9.14. The van der Waals surface area contributed by atoms with Crippen molar-refractivity contribution in [1.29, 1.82) is 0 Å². The minimum Gasteiger partial charge on any atom is -0.391 e. The van der Waals surface area contributed by atoms with E-state index in [0.717, 1.165) is 6.26 Å². The van der Waals surface area contributed by atoms with E-state index in [9.17, 15) is 13.5 Å². The first kappa shape index (κ1) is 11.9. The predicted octanol–water partition coefficient (Wildman–Crippen LogP) is 0.827. The molecule has 0 rings (SSSR count). The molecule has 74 valence electrons. The van der Waals surface area contributed by atoms with Crippen LogP contribution < -0.4 is 0 Å². The van der Waals surface area contributed by atoms with Gasteiger partial charge in [-0.3, -0.25) is 0 Å². The van der Waals surface area contributed by atoms with Gasteiger partial charge in [-0.1, -0.05) is 20.8 Å². The van der Waals surface area contributed by atoms with Crippen molar-refractivity contribution >= 4 is 9.84 Å². The molecule has 0 bridgehead atoms. The van der Waals surface area contributed by atoms with Gasteiger partial charge in [0.15, 0.2) is 9.84 Å². The maximum absolute atomic E-state index is 11.1. The predicted molar refractivity (Wildman–Crippen MR) is 49.8 cm³/mol. The van der Waals surface area contributed by atoms with Crippen LogP contribution in [0.1, 0.15) is 27.7 Å². The van der Waals surface area contributed by atoms with E-state index in [2.05, 4.69) is 0 Å². The van der Waals surface area contributed by atoms with Crippen molar-refractivity contribution < 1.29 is 13.5 Å². The topological polar surface area (TPSA) is 54.4 Å². The lowest BCUT2D eigenvalue weighted by atomic mass is 9.87. The monoisotopic (exact) mass is 194 g/mol. The van der Waals surface area contributed by atoms with E-state index < -0.39 is 21.2 Å². The van der Waals surface area contributed by atoms with Gasteiger partial charge in [-0.25, -0.2) is 8.42 Å². The summed E-state index contributed by atoms with van der Waals surface area (Å²) in [4.78, 5) is 0. The SMILES string of the molecule is C[C@H]([C@H](O)C(C)(C)C)S(C)(=O)=O. The Morgan fingerprint density at radius 2 is 1.58 bits per heavy atom. The third-order valence-corrected chi connectivity index (χ3v) is 3.62. The van der Waals surface area contributed by atoms with E-state index in [1.54, 1.807) is 0 Å². The molecule has 0 spiro atoms. The van der Waals surface area contributed by atoms with Crippen LogP contribution in [-0.2, 0) is 9.84 Å². The second-order valence-corrected chi connectivity index (χ2v) is 6.75. The molecule has 0 aliphatic rings. The molecule has 0 aromatic carbocycles. The zero-order chi connectivity index (χ0) is 10.2. The van der Waals surface area contributed by atoms with Crippen molar-refractivity contribution in [3.63, 3.8) is 0 Å². The van der Waals surface area contributed by atoms with Gasteiger partial charge in [0.1, 0.15) is 0 Å². The average molecular weight is 194 g/mol. The van der Waals surface area contributed by atoms with E-state index in [1.165, 1.54) is 6.92 Å². The summed E-state index contributed by atoms with van der Waals surface area (Å²) < 4.78 is 22.1. The Morgan fingerprint density at radius 3 is 1.67 bits per heavy atom. The Morgan fingerprint density at radius 1 is 1.25 bits per heavy atom. The highest BCUT2D eigenvalue weighted by molar-refractivity contribution is 7.91. The molecule has 0 aliphatic carbocycles. The summed E-state index contributed by atoms with van der Waals surface area (Å²) in [6.07, 6.45) is 0.333. The van der Waals surface area contributed by atoms with E-state index in [0.29, 0.717) is 0 Å². The highest BCUT2D eigenvalue weighted by Crippen LogP contribution is 2.24. The first-order chi connectivity index (χ1) is 5.07. The molecule has 0 heterocycles. The van der Waals surface area contributed by atoms with Crippen molar-refractivity contribution in [2.24, 2.45) is 5.41 Å². The summed E-state index contributed by atoms with van der Waals surface area (Å²) >= 11 is 0. The van der Waals surface area contributed by atoms with E-state index in [4.69, 9.17) is 0 Å². The summed E-state index contributed by atoms with van der Waals surface area (Å²) in [7, 11) is -3.14. The van der Waals surface area contributed by atoms with Crippen LogP contribution in [-0.4, -0.2) is 31.1 Å². The fourth-order valence-corrected chi connectivity index (χ4v) is 1.81. The maximum atomic E-state index is 11.1. The lowest BCUT2D eigenvalue weighted by molar-refractivity contribution is 0.0628. The minimum absolute atomic E-state index is 0.386. The van der Waals surface area contributed by atoms with E-state index >= 15 is 0 Å². The molecule has 3 nitrogen and oxygen atoms in total. The summed E-state index contributed by atoms with van der Waals surface area (Å²) in [5.74, 6) is 0. The molecular weight excluding hydrogens is 176 g/mol. The van der Waals surface area contributed by atoms with E-state index in [1.807, 2.05) is 20.8 Å². The average Bonchev–Trinajstić information content (AvgIpc) is 1.80. The zero-order valence-electron chi connectivity index (χ0n) is 8.33. The molecule has 0 amide bonds. The van der Waals surface area contributed by atoms with Crippen molar-refractivity contribution in [1.82, 2.24) is 0 Å². The lowest BCUT2D eigenvalue weighted by Crippen LogP contribution is -2.40. The number of hydrogen-bond donors (Lipinski definition) is 1. The minimum atomic E-state index is -3.14. The van der Waals surface area contributed by atoms with Gasteiger partial charge in [0.05, 0.1) is 11.4 Å². The van der Waals surface area contributed by atoms with Crippen molar-refractivity contribution in [3.05, 3.63) is 0 Å². The van der Waals surface area contributed by atoms with Gasteiger partial charge in [-0.05, 0) is 12.3 Å². The molecule has 0 radical (unpaired) electrons. The number of aliphatic hydroxyl groups excluding tert-OH is 1. The molecule has 0 aliphatic heterocycles. The molecule has 12 heavy (non-hydrogen) atoms. The van der Waals surface area contributed by atoms with Crippen LogP contribution in [0.15, 0.2) is 0 Å². The summed E-state index contributed by atoms with van der Waals surface area (Å²) in [6.45, 7) is 6.99. The summed E-state index contributed by atoms with van der Waals surface area (Å²) in [5, 5.41) is 8.91. The third kappa shape index (κ3) is 3.11. The third-order valence-electron chi connectivity index (χ3n) is 2.01. The molecule has 0 aromatic rings. The smallest absolute Gasteiger partial charge is 0.152 e. The molecule has 0 unspecified atom stereocenters. The molecule has 2 atom stereocenters. The van der Waals surface area contributed by atoms with Gasteiger partial charge in [-0.2, -0.15) is 0 Å². The molecular formula is C8H18O3S. The fraction of sp³-hybridized carbons (Fsp3) is 1.00. The first-order valence-electron chi connectivity index (χ1n) is 3.93. The Kier molecular flexibility index (Phi) is 3.32. The summed E-state index contributed by atoms with van der Waals surface area (Å²) in [6, 6.07) is 0. The Labute approximate surface area is 74.7 Å². The number of rotatable bonds is 2. The van der Waals surface area contributed by atoms with Crippen LogP contribution >= 0.6 is 0 Å². The van der Waals surface area contributed by atoms with Crippen LogP contribution in [0.3, 0.4) is 0 Å². The molecule has 1 N–H and O–H groups in total. The normalized spacial score (nSPS) is 18.8. The maximum Gasteiger partial charge on any atom is 0.152 e. The first-order valence-corrected chi connectivity index (χ1v) is 5.89. The fourth-order valence-electron chi connectivity index (χ4n) is 0.938. The van der Waals surface area contributed by atoms with Crippen molar-refractivity contribution in [2.45, 2.75) is 39.0 Å². The highest BCUT2D eigenvalue weighted by Gasteiger charge is 2.33. The Hall–Kier alpha value is -0.0900. The van der Waals surface area contributed by atoms with Crippen LogP contribution in [0, 0.1) is 5.41 Å². The van der Waals surface area contributed by atoms with Gasteiger partial charge in [0, 0.05) is 6.26 Å². The highest BCUT2D eigenvalue weighted by atomic mass is 32.2. The lowest BCUT2D eigenvalue weighted by Gasteiger charge is -2.29. The van der Waals surface area contributed by atoms with Crippen LogP contribution in [0.25, 0.3) is 0 Å². The van der Waals surface area contributed by atoms with Crippen LogP contribution in [0.5, 0.6) is 0 Å². The van der Waals surface area contributed by atoms with Gasteiger partial charge in [-0.15, -0.1) is 0 Å². The Bertz CT molecular complexity index is 236. The standard InChI is InChI=1S/C8H18O3S/c1-6(12(5,10)11)7(9)8(2,3)4/h6-7,9H,1-5H3/t6-,7+/m1/s1. The number of aliphatic hydroxyl groups is 1. The molecule has 0 saturated heterocycles. The molecule has 4 heteroatoms. The number of hydrogen-bond acceptors (Lipinski definition) is 3.